The number of hydrogen-bond acceptors (Lipinski definition) is 6. The summed E-state index contributed by atoms with van der Waals surface area (Å²) in [4.78, 5) is 17.3. The number of aryl methyl sites for hydroxylation is 1. The van der Waals surface area contributed by atoms with Gasteiger partial charge in [-0.2, -0.15) is 0 Å². The number of hydrogen-bond donors (Lipinski definition) is 2. The van der Waals surface area contributed by atoms with Gasteiger partial charge >= 0.3 is 0 Å². The monoisotopic (exact) mass is 415 g/mol. The van der Waals surface area contributed by atoms with Crippen molar-refractivity contribution in [2.45, 2.75) is 11.8 Å². The van der Waals surface area contributed by atoms with E-state index in [0.29, 0.717) is 5.13 Å². The van der Waals surface area contributed by atoms with Crippen LogP contribution in [0.3, 0.4) is 0 Å². The Morgan fingerprint density at radius 3 is 2.62 bits per heavy atom. The van der Waals surface area contributed by atoms with Gasteiger partial charge in [0.2, 0.25) is 0 Å². The molecule has 2 aromatic rings. The minimum absolute atomic E-state index is 0. The summed E-state index contributed by atoms with van der Waals surface area (Å²) < 4.78 is 25.8. The summed E-state index contributed by atoms with van der Waals surface area (Å²) in [5.74, 6) is -1.12. The number of nitrogens with zero attached hydrogens (tertiary/aromatic N) is 2. The second kappa shape index (κ2) is 6.62. The van der Waals surface area contributed by atoms with Crippen LogP contribution in [-0.4, -0.2) is 35.8 Å². The minimum atomic E-state index is -3.90. The fourth-order valence-electron chi connectivity index (χ4n) is 2.25. The number of sulfonamides is 1. The Kier molecular flexibility index (Phi) is 5.12. The van der Waals surface area contributed by atoms with E-state index in [9.17, 15) is 18.3 Å². The first-order chi connectivity index (χ1) is 10.8. The molecule has 122 valence electrons. The van der Waals surface area contributed by atoms with Crippen LogP contribution in [0.25, 0.3) is 5.76 Å². The largest absolute Gasteiger partial charge is 0.505 e. The molecule has 0 spiro atoms. The van der Waals surface area contributed by atoms with Gasteiger partial charge in [-0.1, -0.05) is 12.1 Å². The van der Waals surface area contributed by atoms with Gasteiger partial charge in [0.1, 0.15) is 0 Å². The van der Waals surface area contributed by atoms with E-state index in [4.69, 9.17) is 0 Å². The number of rotatable bonds is 2. The Hall–Kier alpha value is -1.77. The van der Waals surface area contributed by atoms with Gasteiger partial charge < -0.3 is 5.11 Å². The topological polar surface area (TPSA) is 99.6 Å². The third-order valence-corrected chi connectivity index (χ3v) is 6.02. The normalized spacial score (nSPS) is 15.5. The summed E-state index contributed by atoms with van der Waals surface area (Å²) in [5, 5.41) is 13.2. The van der Waals surface area contributed by atoms with Gasteiger partial charge in [0, 0.05) is 43.2 Å². The molecule has 1 aromatic heterocycles. The second-order valence-electron chi connectivity index (χ2n) is 4.90. The van der Waals surface area contributed by atoms with Crippen molar-refractivity contribution in [3.05, 3.63) is 46.6 Å². The number of aliphatic hydroxyl groups is 1. The van der Waals surface area contributed by atoms with E-state index in [-0.39, 0.29) is 41.4 Å². The Balaban J connectivity index is 0.00000208. The summed E-state index contributed by atoms with van der Waals surface area (Å²) in [5.41, 5.74) is -0.234. The summed E-state index contributed by atoms with van der Waals surface area (Å²) >= 11 is 1.25. The smallest absolute Gasteiger partial charge is 0.278 e. The van der Waals surface area contributed by atoms with E-state index in [0.717, 1.165) is 9.18 Å². The molecule has 0 atom stereocenters. The van der Waals surface area contributed by atoms with Crippen LogP contribution in [0, 0.1) is 6.92 Å². The van der Waals surface area contributed by atoms with Gasteiger partial charge in [0.25, 0.3) is 15.9 Å². The Bertz CT molecular complexity index is 937. The number of benzene rings is 1. The van der Waals surface area contributed by atoms with E-state index in [1.807, 2.05) is 6.92 Å². The van der Waals surface area contributed by atoms with Crippen molar-refractivity contribution in [1.82, 2.24) is 9.29 Å². The van der Waals surface area contributed by atoms with Crippen LogP contribution in [0.5, 0.6) is 0 Å². The Morgan fingerprint density at radius 2 is 2.00 bits per heavy atom. The van der Waals surface area contributed by atoms with E-state index in [2.05, 4.69) is 10.3 Å². The molecule has 1 amide bonds. The number of nitrogens with one attached hydrogen (secondary N) is 1. The fourth-order valence-corrected chi connectivity index (χ4v) is 4.31. The average Bonchev–Trinajstić information content (AvgIpc) is 2.91. The number of fused-ring (bicyclic) bond motifs is 1. The zero-order chi connectivity index (χ0) is 16.8. The average molecular weight is 417 g/mol. The Labute approximate surface area is 155 Å². The number of carbonyl (C=O) groups is 1. The van der Waals surface area contributed by atoms with Crippen molar-refractivity contribution in [3.63, 3.8) is 0 Å². The van der Waals surface area contributed by atoms with E-state index in [1.165, 1.54) is 30.5 Å². The fraction of sp³-hybridized carbons (Fsp3) is 0.143. The number of aliphatic hydroxyl groups excluding tert-OH is 1. The summed E-state index contributed by atoms with van der Waals surface area (Å²) in [6.45, 7) is 1.83. The molecule has 2 N–H and O–H groups in total. The summed E-state index contributed by atoms with van der Waals surface area (Å²) in [6.07, 6.45) is 1.59. The molecule has 0 saturated carbocycles. The molecular weight excluding hydrogens is 404 g/mol. The number of carbonyl (C=O) groups excluding carboxylic acids is 1. The van der Waals surface area contributed by atoms with Crippen molar-refractivity contribution >= 4 is 38.2 Å². The first-order valence-corrected chi connectivity index (χ1v) is 8.83. The number of aromatic nitrogens is 1. The van der Waals surface area contributed by atoms with Crippen molar-refractivity contribution in [3.8, 4) is 0 Å². The van der Waals surface area contributed by atoms with Crippen molar-refractivity contribution in [2.75, 3.05) is 12.4 Å². The van der Waals surface area contributed by atoms with Crippen molar-refractivity contribution in [2.24, 2.45) is 0 Å². The summed E-state index contributed by atoms with van der Waals surface area (Å²) in [7, 11) is -2.67. The quantitative estimate of drug-likeness (QED) is 0.729. The summed E-state index contributed by atoms with van der Waals surface area (Å²) in [6, 6.07) is 5.99. The molecule has 0 unspecified atom stereocenters. The zero-order valence-electron chi connectivity index (χ0n) is 13.0. The molecule has 0 radical (unpaired) electrons. The van der Waals surface area contributed by atoms with Crippen LogP contribution in [0.2, 0.25) is 0 Å². The molecule has 0 bridgehead atoms. The van der Waals surface area contributed by atoms with Gasteiger partial charge in [-0.05, 0) is 19.1 Å². The van der Waals surface area contributed by atoms with Gasteiger partial charge in [0.05, 0.1) is 4.90 Å². The van der Waals surface area contributed by atoms with Crippen molar-refractivity contribution < 1.29 is 37.8 Å². The predicted octanol–water partition coefficient (Wildman–Crippen LogP) is 1.95. The molecule has 1 aliphatic heterocycles. The van der Waals surface area contributed by atoms with Crippen LogP contribution >= 0.6 is 11.3 Å². The maximum Gasteiger partial charge on any atom is 0.278 e. The SMILES string of the molecule is Cc1cnc(NC(=O)C2=C(O)c3ccccc3S(=O)(=O)N2C)s1.[Zn]. The van der Waals surface area contributed by atoms with Crippen LogP contribution < -0.4 is 5.32 Å². The first-order valence-electron chi connectivity index (χ1n) is 6.57. The maximum absolute atomic E-state index is 12.5. The molecule has 1 aliphatic rings. The standard InChI is InChI=1S/C14H13N3O4S2.Zn/c1-8-7-15-14(22-8)16-13(19)11-12(18)9-5-3-4-6-10(9)23(20,21)17(11)2;/h3-7,18H,1-2H3,(H,15,16,19);. The van der Waals surface area contributed by atoms with Crippen molar-refractivity contribution in [1.29, 1.82) is 0 Å². The van der Waals surface area contributed by atoms with E-state index >= 15 is 0 Å². The third kappa shape index (κ3) is 2.97. The molecule has 0 saturated heterocycles. The maximum atomic E-state index is 12.5. The zero-order valence-corrected chi connectivity index (χ0v) is 17.6. The van der Waals surface area contributed by atoms with Gasteiger partial charge in [-0.25, -0.2) is 13.4 Å². The van der Waals surface area contributed by atoms with Gasteiger partial charge in [0.15, 0.2) is 16.6 Å². The van der Waals surface area contributed by atoms with Crippen LogP contribution in [0.4, 0.5) is 5.13 Å². The van der Waals surface area contributed by atoms with Crippen LogP contribution in [0.15, 0.2) is 41.1 Å². The molecule has 24 heavy (non-hydrogen) atoms. The molecule has 0 aliphatic carbocycles. The van der Waals surface area contributed by atoms with Gasteiger partial charge in [-0.3, -0.25) is 14.4 Å². The molecule has 7 nitrogen and oxygen atoms in total. The number of anilines is 1. The second-order valence-corrected chi connectivity index (χ2v) is 8.07. The number of thiazole rings is 1. The number of likely N-dealkylation sites (N-methyl/N-ethyl adjacent to an activating group) is 1. The van der Waals surface area contributed by atoms with Crippen LogP contribution in [0.1, 0.15) is 10.4 Å². The first kappa shape index (κ1) is 18.6. The molecule has 2 heterocycles. The Morgan fingerprint density at radius 1 is 1.33 bits per heavy atom. The predicted molar refractivity (Wildman–Crippen MR) is 86.4 cm³/mol. The molecule has 1 aromatic carbocycles. The molecule has 10 heteroatoms. The minimum Gasteiger partial charge on any atom is -0.505 e. The van der Waals surface area contributed by atoms with E-state index in [1.54, 1.807) is 18.3 Å². The van der Waals surface area contributed by atoms with E-state index < -0.39 is 15.9 Å². The molecule has 0 fully saturated rings. The van der Waals surface area contributed by atoms with Gasteiger partial charge in [-0.15, -0.1) is 11.3 Å². The number of amides is 1. The molecular formula is C14H13N3O4S2Zn. The van der Waals surface area contributed by atoms with Crippen LogP contribution in [-0.2, 0) is 34.3 Å². The molecule has 3 rings (SSSR count). The third-order valence-electron chi connectivity index (χ3n) is 3.38.